The van der Waals surface area contributed by atoms with Gasteiger partial charge in [-0.1, -0.05) is 54.1 Å². The summed E-state index contributed by atoms with van der Waals surface area (Å²) in [6.07, 6.45) is 3.04. The molecule has 0 unspecified atom stereocenters. The lowest BCUT2D eigenvalue weighted by atomic mass is 9.93. The minimum Gasteiger partial charge on any atom is -0.338 e. The molecule has 1 atom stereocenters. The first-order valence-electron chi connectivity index (χ1n) is 9.52. The Balaban J connectivity index is 1.40. The van der Waals surface area contributed by atoms with Gasteiger partial charge in [0, 0.05) is 31.2 Å². The monoisotopic (exact) mass is 368 g/mol. The van der Waals surface area contributed by atoms with Crippen LogP contribution in [0.2, 0.25) is 5.02 Å². The summed E-state index contributed by atoms with van der Waals surface area (Å²) in [6.45, 7) is 4.30. The van der Waals surface area contributed by atoms with Crippen molar-refractivity contribution in [1.82, 2.24) is 9.80 Å². The highest BCUT2D eigenvalue weighted by molar-refractivity contribution is 6.31. The van der Waals surface area contributed by atoms with Gasteiger partial charge in [-0.25, -0.2) is 0 Å². The molecular formula is C22H25ClN2O. The predicted octanol–water partition coefficient (Wildman–Crippen LogP) is 4.14. The fraction of sp³-hybridized carbons (Fsp3) is 0.409. The maximum absolute atomic E-state index is 13.1. The van der Waals surface area contributed by atoms with Gasteiger partial charge in [-0.05, 0) is 48.6 Å². The number of carbonyl (C=O) groups is 1. The van der Waals surface area contributed by atoms with Gasteiger partial charge in [0.15, 0.2) is 0 Å². The van der Waals surface area contributed by atoms with Crippen molar-refractivity contribution >= 4 is 17.5 Å². The Labute approximate surface area is 160 Å². The van der Waals surface area contributed by atoms with Crippen LogP contribution in [0.1, 0.15) is 29.5 Å². The summed E-state index contributed by atoms with van der Waals surface area (Å²) < 4.78 is 0. The molecule has 0 aliphatic carbocycles. The number of likely N-dealkylation sites (tertiary alicyclic amines) is 1. The second-order valence-corrected chi connectivity index (χ2v) is 7.85. The first kappa shape index (κ1) is 17.6. The number of fused-ring (bicyclic) bond motifs is 1. The van der Waals surface area contributed by atoms with Gasteiger partial charge >= 0.3 is 0 Å². The molecule has 1 amide bonds. The largest absolute Gasteiger partial charge is 0.338 e. The highest BCUT2D eigenvalue weighted by Crippen LogP contribution is 2.26. The highest BCUT2D eigenvalue weighted by atomic mass is 35.5. The first-order chi connectivity index (χ1) is 12.7. The molecule has 136 valence electrons. The smallest absolute Gasteiger partial charge is 0.227 e. The average Bonchev–Trinajstić information content (AvgIpc) is 2.69. The molecule has 0 saturated carbocycles. The number of hydrogen-bond donors (Lipinski definition) is 0. The summed E-state index contributed by atoms with van der Waals surface area (Å²) in [5, 5.41) is 0.814. The van der Waals surface area contributed by atoms with E-state index in [0.29, 0.717) is 5.91 Å². The van der Waals surface area contributed by atoms with Crippen LogP contribution in [0, 0.1) is 5.92 Å². The number of carbonyl (C=O) groups excluding carboxylic acids is 1. The molecule has 0 spiro atoms. The molecule has 0 bridgehead atoms. The van der Waals surface area contributed by atoms with E-state index in [0.717, 1.165) is 62.6 Å². The van der Waals surface area contributed by atoms with Crippen molar-refractivity contribution in [2.75, 3.05) is 19.6 Å². The van der Waals surface area contributed by atoms with Crippen LogP contribution in [0.5, 0.6) is 0 Å². The molecule has 0 aromatic heterocycles. The van der Waals surface area contributed by atoms with Crippen molar-refractivity contribution in [3.8, 4) is 0 Å². The van der Waals surface area contributed by atoms with E-state index in [2.05, 4.69) is 40.1 Å². The Bertz CT molecular complexity index is 791. The number of nitrogens with zero attached hydrogens (tertiary/aromatic N) is 2. The van der Waals surface area contributed by atoms with Crippen LogP contribution in [-0.2, 0) is 24.3 Å². The molecule has 2 aromatic rings. The fourth-order valence-corrected chi connectivity index (χ4v) is 4.41. The summed E-state index contributed by atoms with van der Waals surface area (Å²) in [5.41, 5.74) is 3.84. The number of hydrogen-bond acceptors (Lipinski definition) is 2. The number of rotatable bonds is 3. The SMILES string of the molecule is O=C([C@H]1CCCN(Cc2ccccc2Cl)C1)N1CCc2ccccc2C1. The van der Waals surface area contributed by atoms with E-state index >= 15 is 0 Å². The molecule has 1 fully saturated rings. The van der Waals surface area contributed by atoms with Crippen molar-refractivity contribution in [1.29, 1.82) is 0 Å². The van der Waals surface area contributed by atoms with Crippen molar-refractivity contribution < 1.29 is 4.79 Å². The van der Waals surface area contributed by atoms with E-state index in [-0.39, 0.29) is 5.92 Å². The summed E-state index contributed by atoms with van der Waals surface area (Å²) in [5.74, 6) is 0.430. The lowest BCUT2D eigenvalue weighted by Crippen LogP contribution is -2.46. The van der Waals surface area contributed by atoms with Gasteiger partial charge in [-0.15, -0.1) is 0 Å². The third kappa shape index (κ3) is 3.79. The second-order valence-electron chi connectivity index (χ2n) is 7.44. The Morgan fingerprint density at radius 3 is 2.65 bits per heavy atom. The van der Waals surface area contributed by atoms with Crippen LogP contribution in [0.25, 0.3) is 0 Å². The minimum atomic E-state index is 0.108. The molecule has 2 aromatic carbocycles. The minimum absolute atomic E-state index is 0.108. The number of halogens is 1. The number of piperidine rings is 1. The molecule has 2 aliphatic rings. The van der Waals surface area contributed by atoms with Gasteiger partial charge < -0.3 is 4.90 Å². The summed E-state index contributed by atoms with van der Waals surface area (Å²) in [6, 6.07) is 16.5. The molecule has 4 rings (SSSR count). The van der Waals surface area contributed by atoms with E-state index in [1.54, 1.807) is 0 Å². The zero-order chi connectivity index (χ0) is 17.9. The summed E-state index contributed by atoms with van der Waals surface area (Å²) in [7, 11) is 0. The van der Waals surface area contributed by atoms with Crippen molar-refractivity contribution in [2.24, 2.45) is 5.92 Å². The van der Waals surface area contributed by atoms with Gasteiger partial charge in [-0.3, -0.25) is 9.69 Å². The molecule has 2 aliphatic heterocycles. The van der Waals surface area contributed by atoms with Crippen LogP contribution in [0.3, 0.4) is 0 Å². The maximum atomic E-state index is 13.1. The Hall–Kier alpha value is -1.84. The standard InChI is InChI=1S/C22H25ClN2O/c23-21-10-4-3-8-19(21)14-24-12-5-9-20(15-24)22(26)25-13-11-17-6-1-2-7-18(17)16-25/h1-4,6-8,10,20H,5,9,11-16H2/t20-/m0/s1. The van der Waals surface area contributed by atoms with Gasteiger partial charge in [-0.2, -0.15) is 0 Å². The van der Waals surface area contributed by atoms with E-state index in [4.69, 9.17) is 11.6 Å². The van der Waals surface area contributed by atoms with Gasteiger partial charge in [0.1, 0.15) is 0 Å². The molecule has 1 saturated heterocycles. The third-order valence-electron chi connectivity index (χ3n) is 5.65. The average molecular weight is 369 g/mol. The predicted molar refractivity (Wildman–Crippen MR) is 105 cm³/mol. The summed E-state index contributed by atoms with van der Waals surface area (Å²) in [4.78, 5) is 17.5. The number of amides is 1. The topological polar surface area (TPSA) is 23.6 Å². The Kier molecular flexibility index (Phi) is 5.28. The van der Waals surface area contributed by atoms with E-state index < -0.39 is 0 Å². The molecule has 3 nitrogen and oxygen atoms in total. The Morgan fingerprint density at radius 2 is 1.81 bits per heavy atom. The van der Waals surface area contributed by atoms with E-state index in [9.17, 15) is 4.79 Å². The lowest BCUT2D eigenvalue weighted by Gasteiger charge is -2.36. The van der Waals surface area contributed by atoms with Gasteiger partial charge in [0.2, 0.25) is 5.91 Å². The van der Waals surface area contributed by atoms with Crippen LogP contribution < -0.4 is 0 Å². The van der Waals surface area contributed by atoms with Crippen LogP contribution in [0.15, 0.2) is 48.5 Å². The second kappa shape index (κ2) is 7.81. The zero-order valence-corrected chi connectivity index (χ0v) is 15.8. The van der Waals surface area contributed by atoms with Crippen molar-refractivity contribution in [3.63, 3.8) is 0 Å². The third-order valence-corrected chi connectivity index (χ3v) is 6.02. The van der Waals surface area contributed by atoms with Crippen LogP contribution in [-0.4, -0.2) is 35.3 Å². The lowest BCUT2D eigenvalue weighted by molar-refractivity contribution is -0.138. The van der Waals surface area contributed by atoms with Crippen molar-refractivity contribution in [3.05, 3.63) is 70.2 Å². The van der Waals surface area contributed by atoms with Gasteiger partial charge in [0.05, 0.1) is 5.92 Å². The Morgan fingerprint density at radius 1 is 1.04 bits per heavy atom. The molecule has 4 heteroatoms. The quantitative estimate of drug-likeness (QED) is 0.813. The maximum Gasteiger partial charge on any atom is 0.227 e. The molecule has 2 heterocycles. The van der Waals surface area contributed by atoms with E-state index in [1.807, 2.05) is 18.2 Å². The van der Waals surface area contributed by atoms with Gasteiger partial charge in [0.25, 0.3) is 0 Å². The molecule has 0 N–H and O–H groups in total. The molecule has 0 radical (unpaired) electrons. The summed E-state index contributed by atoms with van der Waals surface area (Å²) >= 11 is 6.31. The first-order valence-corrected chi connectivity index (χ1v) is 9.90. The normalized spacial score (nSPS) is 20.7. The number of benzene rings is 2. The fourth-order valence-electron chi connectivity index (χ4n) is 4.21. The zero-order valence-electron chi connectivity index (χ0n) is 15.0. The van der Waals surface area contributed by atoms with E-state index in [1.165, 1.54) is 11.1 Å². The van der Waals surface area contributed by atoms with Crippen LogP contribution >= 0.6 is 11.6 Å². The molecule has 26 heavy (non-hydrogen) atoms. The highest BCUT2D eigenvalue weighted by Gasteiger charge is 2.31. The van der Waals surface area contributed by atoms with Crippen LogP contribution in [0.4, 0.5) is 0 Å². The van der Waals surface area contributed by atoms with Crippen molar-refractivity contribution in [2.45, 2.75) is 32.4 Å². The molecular weight excluding hydrogens is 344 g/mol.